The number of likely N-dealkylation sites (tertiary alicyclic amines) is 2. The Balaban J connectivity index is 0.000000175. The SMILES string of the molecule is O=C1CCCCN1c1ncccc1CCN1CC(Oc2ccc(F)cn2)C1.O=C1CCCCN1c1ncccc1CCN1CCC(c2cccc(C(F)(F)F)n2)C1. The van der Waals surface area contributed by atoms with E-state index in [1.807, 2.05) is 23.1 Å². The maximum atomic E-state index is 13.0. The van der Waals surface area contributed by atoms with Crippen LogP contribution in [0.25, 0.3) is 0 Å². The largest absolute Gasteiger partial charge is 0.472 e. The van der Waals surface area contributed by atoms with E-state index in [9.17, 15) is 27.2 Å². The zero-order chi connectivity index (χ0) is 39.8. The monoisotopic (exact) mass is 788 g/mol. The number of hydrogen-bond donors (Lipinski definition) is 0. The Hall–Kier alpha value is -5.02. The van der Waals surface area contributed by atoms with Gasteiger partial charge in [-0.3, -0.25) is 24.3 Å². The fourth-order valence-electron chi connectivity index (χ4n) is 7.85. The maximum absolute atomic E-state index is 13.0. The van der Waals surface area contributed by atoms with Crippen LogP contribution in [-0.2, 0) is 28.6 Å². The van der Waals surface area contributed by atoms with E-state index in [2.05, 4.69) is 35.8 Å². The summed E-state index contributed by atoms with van der Waals surface area (Å²) in [5.41, 5.74) is 1.82. The number of carbonyl (C=O) groups excluding carboxylic acids is 2. The molecule has 0 aromatic carbocycles. The van der Waals surface area contributed by atoms with Crippen molar-refractivity contribution < 1.29 is 31.9 Å². The van der Waals surface area contributed by atoms with Gasteiger partial charge in [0.15, 0.2) is 0 Å². The van der Waals surface area contributed by atoms with Crippen molar-refractivity contribution in [3.8, 4) is 5.88 Å². The second kappa shape index (κ2) is 18.5. The first-order valence-electron chi connectivity index (χ1n) is 19.9. The van der Waals surface area contributed by atoms with Crippen molar-refractivity contribution in [2.75, 3.05) is 62.2 Å². The van der Waals surface area contributed by atoms with Gasteiger partial charge in [-0.1, -0.05) is 18.2 Å². The standard InChI is InChI=1S/C22H25F3N4O.C20H23FN4O2/c23-22(24,25)19-7-3-6-18(27-19)17-10-14-28(15-17)13-9-16-5-4-11-26-21(16)29-12-2-1-8-20(29)30;21-16-6-7-18(23-12-16)27-17-13-24(14-17)11-8-15-4-3-9-22-20(15)25-10-2-1-5-19(25)26/h3-7,11,17H,1-2,8-10,12-15H2;3-4,6-7,9,12,17H,1-2,5,8,10-11,13-14H2. The van der Waals surface area contributed by atoms with Gasteiger partial charge in [-0.05, 0) is 92.9 Å². The van der Waals surface area contributed by atoms with Gasteiger partial charge in [0.2, 0.25) is 17.7 Å². The molecule has 4 aliphatic heterocycles. The summed E-state index contributed by atoms with van der Waals surface area (Å²) < 4.78 is 57.5. The first kappa shape index (κ1) is 40.2. The Morgan fingerprint density at radius 3 is 1.91 bits per heavy atom. The molecule has 0 N–H and O–H groups in total. The lowest BCUT2D eigenvalue weighted by Crippen LogP contribution is -2.54. The van der Waals surface area contributed by atoms with E-state index in [1.54, 1.807) is 29.4 Å². The van der Waals surface area contributed by atoms with Crippen LogP contribution in [0.5, 0.6) is 5.88 Å². The molecule has 0 spiro atoms. The van der Waals surface area contributed by atoms with Gasteiger partial charge in [0.25, 0.3) is 0 Å². The predicted octanol–water partition coefficient (Wildman–Crippen LogP) is 6.48. The molecule has 0 saturated carbocycles. The van der Waals surface area contributed by atoms with Crippen molar-refractivity contribution in [2.24, 2.45) is 0 Å². The summed E-state index contributed by atoms with van der Waals surface area (Å²) in [6.07, 6.45) is 7.76. The molecule has 15 heteroatoms. The molecule has 8 heterocycles. The average molecular weight is 789 g/mol. The van der Waals surface area contributed by atoms with Gasteiger partial charge < -0.3 is 9.64 Å². The number of alkyl halides is 3. The number of anilines is 2. The van der Waals surface area contributed by atoms with Crippen LogP contribution in [-0.4, -0.2) is 100 Å². The summed E-state index contributed by atoms with van der Waals surface area (Å²) in [7, 11) is 0. The van der Waals surface area contributed by atoms with Crippen LogP contribution in [0.4, 0.5) is 29.2 Å². The Morgan fingerprint density at radius 2 is 1.33 bits per heavy atom. The fourth-order valence-corrected chi connectivity index (χ4v) is 7.85. The third kappa shape index (κ3) is 10.5. The molecule has 2 amide bonds. The van der Waals surface area contributed by atoms with E-state index in [0.717, 1.165) is 119 Å². The Labute approximate surface area is 330 Å². The third-order valence-electron chi connectivity index (χ3n) is 11.0. The number of pyridine rings is 4. The van der Waals surface area contributed by atoms with E-state index >= 15 is 0 Å². The molecule has 4 saturated heterocycles. The maximum Gasteiger partial charge on any atom is 0.433 e. The van der Waals surface area contributed by atoms with Gasteiger partial charge in [0.05, 0.1) is 6.20 Å². The van der Waals surface area contributed by atoms with Crippen LogP contribution >= 0.6 is 0 Å². The fraction of sp³-hybridized carbons (Fsp3) is 0.476. The summed E-state index contributed by atoms with van der Waals surface area (Å²) in [6.45, 7) is 6.26. The molecule has 302 valence electrons. The van der Waals surface area contributed by atoms with E-state index in [4.69, 9.17) is 4.74 Å². The summed E-state index contributed by atoms with van der Waals surface area (Å²) >= 11 is 0. The van der Waals surface area contributed by atoms with Crippen LogP contribution in [0.1, 0.15) is 73.4 Å². The Bertz CT molecular complexity index is 1980. The van der Waals surface area contributed by atoms with Gasteiger partial charge in [-0.25, -0.2) is 24.3 Å². The Kier molecular flexibility index (Phi) is 13.0. The number of piperidine rings is 2. The molecular weight excluding hydrogens is 741 g/mol. The summed E-state index contributed by atoms with van der Waals surface area (Å²) in [5.74, 6) is 1.95. The first-order chi connectivity index (χ1) is 27.6. The van der Waals surface area contributed by atoms with Gasteiger partial charge in [0, 0.05) is 88.7 Å². The third-order valence-corrected chi connectivity index (χ3v) is 11.0. The summed E-state index contributed by atoms with van der Waals surface area (Å²) in [4.78, 5) is 49.4. The topological polar surface area (TPSA) is 108 Å². The molecule has 4 aromatic rings. The zero-order valence-electron chi connectivity index (χ0n) is 31.9. The lowest BCUT2D eigenvalue weighted by Gasteiger charge is -2.38. The quantitative estimate of drug-likeness (QED) is 0.158. The van der Waals surface area contributed by atoms with Crippen molar-refractivity contribution in [1.82, 2.24) is 29.7 Å². The Morgan fingerprint density at radius 1 is 0.702 bits per heavy atom. The normalized spacial score (nSPS) is 19.6. The molecule has 1 atom stereocenters. The highest BCUT2D eigenvalue weighted by Gasteiger charge is 2.34. The van der Waals surface area contributed by atoms with Crippen LogP contribution < -0.4 is 14.5 Å². The number of hydrogen-bond acceptors (Lipinski definition) is 9. The van der Waals surface area contributed by atoms with Crippen molar-refractivity contribution >= 4 is 23.5 Å². The second-order valence-electron chi connectivity index (χ2n) is 15.0. The lowest BCUT2D eigenvalue weighted by molar-refractivity contribution is -0.141. The highest BCUT2D eigenvalue weighted by Crippen LogP contribution is 2.32. The number of halogens is 4. The minimum absolute atomic E-state index is 0.00402. The number of rotatable bonds is 11. The van der Waals surface area contributed by atoms with E-state index in [-0.39, 0.29) is 29.7 Å². The van der Waals surface area contributed by atoms with Crippen molar-refractivity contribution in [1.29, 1.82) is 0 Å². The highest BCUT2D eigenvalue weighted by atomic mass is 19.4. The molecule has 1 unspecified atom stereocenters. The van der Waals surface area contributed by atoms with Crippen molar-refractivity contribution in [3.05, 3.63) is 102 Å². The minimum Gasteiger partial charge on any atom is -0.472 e. The predicted molar refractivity (Wildman–Crippen MR) is 206 cm³/mol. The van der Waals surface area contributed by atoms with Gasteiger partial charge >= 0.3 is 6.18 Å². The van der Waals surface area contributed by atoms with Crippen LogP contribution in [0, 0.1) is 5.82 Å². The number of carbonyl (C=O) groups is 2. The molecular formula is C42H48F4N8O3. The molecule has 4 aromatic heterocycles. The number of ether oxygens (including phenoxy) is 1. The summed E-state index contributed by atoms with van der Waals surface area (Å²) in [6, 6.07) is 14.9. The van der Waals surface area contributed by atoms with Crippen LogP contribution in [0.15, 0.2) is 73.2 Å². The summed E-state index contributed by atoms with van der Waals surface area (Å²) in [5, 5.41) is 0. The molecule has 4 aliphatic rings. The second-order valence-corrected chi connectivity index (χ2v) is 15.0. The molecule has 4 fully saturated rings. The number of amides is 2. The zero-order valence-corrected chi connectivity index (χ0v) is 31.9. The van der Waals surface area contributed by atoms with Crippen LogP contribution in [0.2, 0.25) is 0 Å². The van der Waals surface area contributed by atoms with Gasteiger partial charge in [-0.2, -0.15) is 13.2 Å². The van der Waals surface area contributed by atoms with Crippen LogP contribution in [0.3, 0.4) is 0 Å². The number of aromatic nitrogens is 4. The molecule has 0 radical (unpaired) electrons. The molecule has 0 aliphatic carbocycles. The lowest BCUT2D eigenvalue weighted by atomic mass is 10.0. The van der Waals surface area contributed by atoms with Gasteiger partial charge in [0.1, 0.15) is 29.3 Å². The molecule has 8 rings (SSSR count). The molecule has 0 bridgehead atoms. The highest BCUT2D eigenvalue weighted by molar-refractivity contribution is 5.94. The van der Waals surface area contributed by atoms with E-state index < -0.39 is 11.9 Å². The number of nitrogens with zero attached hydrogens (tertiary/aromatic N) is 8. The van der Waals surface area contributed by atoms with Crippen molar-refractivity contribution in [3.63, 3.8) is 0 Å². The van der Waals surface area contributed by atoms with E-state index in [1.165, 1.54) is 12.1 Å². The van der Waals surface area contributed by atoms with Gasteiger partial charge in [-0.15, -0.1) is 0 Å². The minimum atomic E-state index is -4.42. The molecule has 57 heavy (non-hydrogen) atoms. The van der Waals surface area contributed by atoms with Crippen molar-refractivity contribution in [2.45, 2.75) is 76.0 Å². The smallest absolute Gasteiger partial charge is 0.433 e. The van der Waals surface area contributed by atoms with E-state index in [0.29, 0.717) is 37.5 Å². The first-order valence-corrected chi connectivity index (χ1v) is 19.9. The molecule has 11 nitrogen and oxygen atoms in total. The average Bonchev–Trinajstić information content (AvgIpc) is 3.69.